The van der Waals surface area contributed by atoms with E-state index in [1.54, 1.807) is 0 Å². The summed E-state index contributed by atoms with van der Waals surface area (Å²) in [5, 5.41) is 0. The van der Waals surface area contributed by atoms with Crippen LogP contribution in [0, 0.1) is 17.3 Å². The summed E-state index contributed by atoms with van der Waals surface area (Å²) in [5.41, 5.74) is 0.546. The van der Waals surface area contributed by atoms with Crippen LogP contribution in [0.1, 0.15) is 80.1 Å². The Morgan fingerprint density at radius 2 is 1.53 bits per heavy atom. The highest BCUT2D eigenvalue weighted by atomic mass is 14.3. The maximum absolute atomic E-state index is 2.45. The van der Waals surface area contributed by atoms with E-state index in [-0.39, 0.29) is 0 Å². The van der Waals surface area contributed by atoms with Gasteiger partial charge in [0.05, 0.1) is 0 Å². The van der Waals surface area contributed by atoms with Crippen LogP contribution in [0.4, 0.5) is 0 Å². The predicted octanol–water partition coefficient (Wildman–Crippen LogP) is 5.67. The van der Waals surface area contributed by atoms with Gasteiger partial charge in [0, 0.05) is 0 Å². The smallest absolute Gasteiger partial charge is 0.0329 e. The van der Waals surface area contributed by atoms with E-state index in [4.69, 9.17) is 0 Å². The van der Waals surface area contributed by atoms with Gasteiger partial charge in [-0.15, -0.1) is 0 Å². The van der Waals surface area contributed by atoms with E-state index in [1.165, 1.54) is 38.5 Å². The molecule has 15 heavy (non-hydrogen) atoms. The second-order valence-corrected chi connectivity index (χ2v) is 6.32. The van der Waals surface area contributed by atoms with Crippen LogP contribution in [0.2, 0.25) is 0 Å². The molecule has 0 heterocycles. The fourth-order valence-corrected chi connectivity index (χ4v) is 2.05. The van der Waals surface area contributed by atoms with Crippen molar-refractivity contribution in [2.45, 2.75) is 80.1 Å². The zero-order chi connectivity index (χ0) is 11.9. The number of rotatable bonds is 8. The summed E-state index contributed by atoms with van der Waals surface area (Å²) in [6.07, 6.45) is 8.35. The molecule has 0 radical (unpaired) electrons. The average molecular weight is 212 g/mol. The zero-order valence-corrected chi connectivity index (χ0v) is 11.9. The van der Waals surface area contributed by atoms with Crippen LogP contribution in [0.3, 0.4) is 0 Å². The molecule has 0 rings (SSSR count). The van der Waals surface area contributed by atoms with E-state index in [0.717, 1.165) is 11.8 Å². The first-order chi connectivity index (χ1) is 6.90. The van der Waals surface area contributed by atoms with Crippen molar-refractivity contribution in [3.05, 3.63) is 0 Å². The van der Waals surface area contributed by atoms with Crippen LogP contribution >= 0.6 is 0 Å². The predicted molar refractivity (Wildman–Crippen MR) is 71.2 cm³/mol. The van der Waals surface area contributed by atoms with Crippen LogP contribution in [0.15, 0.2) is 0 Å². The highest BCUT2D eigenvalue weighted by Gasteiger charge is 2.24. The normalized spacial score (nSPS) is 14.6. The molecule has 1 unspecified atom stereocenters. The first-order valence-electron chi connectivity index (χ1n) is 6.90. The van der Waals surface area contributed by atoms with Gasteiger partial charge in [0.2, 0.25) is 0 Å². The summed E-state index contributed by atoms with van der Waals surface area (Å²) in [6.45, 7) is 14.3. The molecule has 0 aromatic heterocycles. The van der Waals surface area contributed by atoms with E-state index < -0.39 is 0 Å². The van der Waals surface area contributed by atoms with Crippen LogP contribution in [0.5, 0.6) is 0 Å². The minimum Gasteiger partial charge on any atom is -0.0654 e. The Morgan fingerprint density at radius 1 is 0.933 bits per heavy atom. The van der Waals surface area contributed by atoms with Crippen molar-refractivity contribution in [2.24, 2.45) is 17.3 Å². The lowest BCUT2D eigenvalue weighted by atomic mass is 9.73. The molecule has 0 spiro atoms. The third kappa shape index (κ3) is 6.98. The van der Waals surface area contributed by atoms with Crippen molar-refractivity contribution >= 4 is 0 Å². The molecule has 0 aliphatic heterocycles. The number of hydrogen-bond acceptors (Lipinski definition) is 0. The third-order valence-corrected chi connectivity index (χ3v) is 3.94. The monoisotopic (exact) mass is 212 g/mol. The molecule has 0 aliphatic rings. The van der Waals surface area contributed by atoms with Gasteiger partial charge < -0.3 is 0 Å². The first-order valence-corrected chi connectivity index (χ1v) is 6.90. The van der Waals surface area contributed by atoms with Gasteiger partial charge in [-0.05, 0) is 30.1 Å². The van der Waals surface area contributed by atoms with E-state index >= 15 is 0 Å². The summed E-state index contributed by atoms with van der Waals surface area (Å²) >= 11 is 0. The molecule has 0 saturated heterocycles. The molecule has 0 bridgehead atoms. The molecular formula is C15H32. The maximum Gasteiger partial charge on any atom is -0.0329 e. The largest absolute Gasteiger partial charge is 0.0654 e. The molecule has 0 nitrogen and oxygen atoms in total. The molecule has 1 atom stereocenters. The number of unbranched alkanes of at least 4 members (excludes halogenated alkanes) is 2. The second-order valence-electron chi connectivity index (χ2n) is 6.32. The second kappa shape index (κ2) is 7.30. The van der Waals surface area contributed by atoms with E-state index in [9.17, 15) is 0 Å². The average Bonchev–Trinajstić information content (AvgIpc) is 2.14. The van der Waals surface area contributed by atoms with Crippen molar-refractivity contribution in [3.63, 3.8) is 0 Å². The standard InChI is InChI=1S/C15H32/c1-7-8-9-12-15(5,6)14(4)11-10-13(2)3/h13-14H,7-12H2,1-6H3. The highest BCUT2D eigenvalue weighted by molar-refractivity contribution is 4.75. The lowest BCUT2D eigenvalue weighted by molar-refractivity contribution is 0.186. The Labute approximate surface area is 97.8 Å². The molecular weight excluding hydrogens is 180 g/mol. The highest BCUT2D eigenvalue weighted by Crippen LogP contribution is 2.35. The number of hydrogen-bond donors (Lipinski definition) is 0. The minimum absolute atomic E-state index is 0.546. The van der Waals surface area contributed by atoms with Gasteiger partial charge >= 0.3 is 0 Å². The maximum atomic E-state index is 2.45. The van der Waals surface area contributed by atoms with Crippen LogP contribution < -0.4 is 0 Å². The van der Waals surface area contributed by atoms with E-state index in [2.05, 4.69) is 41.5 Å². The molecule has 0 fully saturated rings. The molecule has 0 saturated carbocycles. The van der Waals surface area contributed by atoms with Gasteiger partial charge in [0.25, 0.3) is 0 Å². The van der Waals surface area contributed by atoms with Crippen LogP contribution in [-0.2, 0) is 0 Å². The van der Waals surface area contributed by atoms with Crippen molar-refractivity contribution in [1.82, 2.24) is 0 Å². The zero-order valence-electron chi connectivity index (χ0n) is 11.9. The van der Waals surface area contributed by atoms with Gasteiger partial charge in [0.15, 0.2) is 0 Å². The molecule has 0 amide bonds. The van der Waals surface area contributed by atoms with Gasteiger partial charge in [0.1, 0.15) is 0 Å². The SMILES string of the molecule is CCCCCC(C)(C)C(C)CCC(C)C. The summed E-state index contributed by atoms with van der Waals surface area (Å²) in [5.74, 6) is 1.73. The van der Waals surface area contributed by atoms with Gasteiger partial charge in [-0.25, -0.2) is 0 Å². The van der Waals surface area contributed by atoms with Crippen molar-refractivity contribution in [2.75, 3.05) is 0 Å². The van der Waals surface area contributed by atoms with Crippen molar-refractivity contribution in [3.8, 4) is 0 Å². The molecule has 0 aromatic rings. The van der Waals surface area contributed by atoms with Crippen molar-refractivity contribution < 1.29 is 0 Å². The Bertz CT molecular complexity index is 144. The molecule has 0 aromatic carbocycles. The molecule has 92 valence electrons. The Morgan fingerprint density at radius 3 is 2.00 bits per heavy atom. The summed E-state index contributed by atoms with van der Waals surface area (Å²) in [4.78, 5) is 0. The van der Waals surface area contributed by atoms with Crippen LogP contribution in [-0.4, -0.2) is 0 Å². The first kappa shape index (κ1) is 15.0. The van der Waals surface area contributed by atoms with Crippen LogP contribution in [0.25, 0.3) is 0 Å². The van der Waals surface area contributed by atoms with E-state index in [0.29, 0.717) is 5.41 Å². The van der Waals surface area contributed by atoms with E-state index in [1.807, 2.05) is 0 Å². The quantitative estimate of drug-likeness (QED) is 0.455. The summed E-state index contributed by atoms with van der Waals surface area (Å²) in [7, 11) is 0. The fourth-order valence-electron chi connectivity index (χ4n) is 2.05. The minimum atomic E-state index is 0.546. The third-order valence-electron chi connectivity index (χ3n) is 3.94. The van der Waals surface area contributed by atoms with Gasteiger partial charge in [-0.3, -0.25) is 0 Å². The lowest BCUT2D eigenvalue weighted by Gasteiger charge is -2.32. The van der Waals surface area contributed by atoms with Gasteiger partial charge in [-0.2, -0.15) is 0 Å². The summed E-state index contributed by atoms with van der Waals surface area (Å²) in [6, 6.07) is 0. The Balaban J connectivity index is 3.85. The summed E-state index contributed by atoms with van der Waals surface area (Å²) < 4.78 is 0. The molecule has 0 N–H and O–H groups in total. The lowest BCUT2D eigenvalue weighted by Crippen LogP contribution is -2.22. The van der Waals surface area contributed by atoms with Gasteiger partial charge in [-0.1, -0.05) is 67.2 Å². The molecule has 0 heteroatoms. The Hall–Kier alpha value is 0. The topological polar surface area (TPSA) is 0 Å². The molecule has 0 aliphatic carbocycles. The Kier molecular flexibility index (Phi) is 7.30. The fraction of sp³-hybridized carbons (Fsp3) is 1.00. The van der Waals surface area contributed by atoms with Crippen molar-refractivity contribution in [1.29, 1.82) is 0 Å².